The van der Waals surface area contributed by atoms with Crippen molar-refractivity contribution in [3.05, 3.63) is 24.2 Å². The van der Waals surface area contributed by atoms with Crippen LogP contribution in [0.2, 0.25) is 0 Å². The van der Waals surface area contributed by atoms with Gasteiger partial charge in [-0.15, -0.1) is 0 Å². The van der Waals surface area contributed by atoms with Gasteiger partial charge in [0.05, 0.1) is 18.4 Å². The van der Waals surface area contributed by atoms with Crippen LogP contribution in [0.4, 0.5) is 0 Å². The van der Waals surface area contributed by atoms with E-state index in [0.717, 1.165) is 12.2 Å². The first kappa shape index (κ1) is 10.7. The maximum Gasteiger partial charge on any atom is 0.120 e. The number of methoxy groups -OCH3 is 1. The van der Waals surface area contributed by atoms with Crippen molar-refractivity contribution in [2.24, 2.45) is 0 Å². The monoisotopic (exact) mass is 209 g/mol. The molecule has 1 saturated carbocycles. The van der Waals surface area contributed by atoms with E-state index >= 15 is 0 Å². The Bertz CT molecular complexity index is 284. The average molecular weight is 209 g/mol. The van der Waals surface area contributed by atoms with E-state index in [1.54, 1.807) is 13.4 Å². The molecule has 1 N–H and O–H groups in total. The van der Waals surface area contributed by atoms with Crippen molar-refractivity contribution in [3.8, 4) is 0 Å². The predicted molar refractivity (Wildman–Crippen MR) is 58.7 cm³/mol. The van der Waals surface area contributed by atoms with Gasteiger partial charge < -0.3 is 14.5 Å². The van der Waals surface area contributed by atoms with Crippen LogP contribution < -0.4 is 5.32 Å². The molecule has 0 aliphatic heterocycles. The van der Waals surface area contributed by atoms with Gasteiger partial charge >= 0.3 is 0 Å². The van der Waals surface area contributed by atoms with Gasteiger partial charge in [0.1, 0.15) is 5.76 Å². The fraction of sp³-hybridized carbons (Fsp3) is 0.667. The Hall–Kier alpha value is -0.800. The van der Waals surface area contributed by atoms with Gasteiger partial charge in [-0.2, -0.15) is 0 Å². The summed E-state index contributed by atoms with van der Waals surface area (Å²) in [4.78, 5) is 0. The van der Waals surface area contributed by atoms with Crippen LogP contribution >= 0.6 is 0 Å². The third-order valence-corrected chi connectivity index (χ3v) is 3.17. The minimum atomic E-state index is 0.292. The van der Waals surface area contributed by atoms with Crippen molar-refractivity contribution in [2.75, 3.05) is 7.11 Å². The second kappa shape index (κ2) is 4.81. The fourth-order valence-electron chi connectivity index (χ4n) is 2.28. The van der Waals surface area contributed by atoms with E-state index in [0.29, 0.717) is 18.2 Å². The molecular formula is C12H19NO2. The highest BCUT2D eigenvalue weighted by molar-refractivity contribution is 5.03. The van der Waals surface area contributed by atoms with Crippen LogP contribution in [0.15, 0.2) is 22.8 Å². The number of ether oxygens (including phenoxy) is 1. The van der Waals surface area contributed by atoms with E-state index in [1.807, 2.05) is 12.1 Å². The molecule has 0 radical (unpaired) electrons. The smallest absolute Gasteiger partial charge is 0.120 e. The van der Waals surface area contributed by atoms with E-state index in [2.05, 4.69) is 12.2 Å². The van der Waals surface area contributed by atoms with Gasteiger partial charge in [-0.05, 0) is 38.3 Å². The molecular weight excluding hydrogens is 190 g/mol. The molecule has 1 aliphatic carbocycles. The Morgan fingerprint density at radius 3 is 3.00 bits per heavy atom. The standard InChI is InChI=1S/C12H19NO2/c1-9(12-4-3-7-15-12)13-10-5-6-11(8-10)14-2/h3-4,7,9-11,13H,5-6,8H2,1-2H3. The average Bonchev–Trinajstić information content (AvgIpc) is 2.87. The van der Waals surface area contributed by atoms with Crippen molar-refractivity contribution < 1.29 is 9.15 Å². The molecule has 1 heterocycles. The SMILES string of the molecule is COC1CCC(NC(C)c2ccco2)C1. The molecule has 0 bridgehead atoms. The number of hydrogen-bond acceptors (Lipinski definition) is 3. The molecule has 0 spiro atoms. The summed E-state index contributed by atoms with van der Waals surface area (Å²) >= 11 is 0. The minimum Gasteiger partial charge on any atom is -0.468 e. The molecule has 84 valence electrons. The van der Waals surface area contributed by atoms with Crippen LogP contribution in [-0.2, 0) is 4.74 Å². The molecule has 0 saturated heterocycles. The van der Waals surface area contributed by atoms with Crippen LogP contribution in [0.1, 0.15) is 38.0 Å². The zero-order chi connectivity index (χ0) is 10.7. The van der Waals surface area contributed by atoms with Gasteiger partial charge in [0.2, 0.25) is 0 Å². The van der Waals surface area contributed by atoms with Crippen molar-refractivity contribution in [3.63, 3.8) is 0 Å². The van der Waals surface area contributed by atoms with Crippen molar-refractivity contribution in [2.45, 2.75) is 44.4 Å². The van der Waals surface area contributed by atoms with Crippen LogP contribution in [0.5, 0.6) is 0 Å². The van der Waals surface area contributed by atoms with Crippen molar-refractivity contribution in [1.82, 2.24) is 5.32 Å². The normalized spacial score (nSPS) is 28.1. The first-order valence-electron chi connectivity index (χ1n) is 5.62. The van der Waals surface area contributed by atoms with E-state index in [1.165, 1.54) is 12.8 Å². The molecule has 1 aliphatic rings. The summed E-state index contributed by atoms with van der Waals surface area (Å²) in [6.45, 7) is 2.14. The van der Waals surface area contributed by atoms with Crippen LogP contribution in [-0.4, -0.2) is 19.3 Å². The Balaban J connectivity index is 1.83. The lowest BCUT2D eigenvalue weighted by atomic mass is 10.2. The maximum absolute atomic E-state index is 5.36. The topological polar surface area (TPSA) is 34.4 Å². The molecule has 3 unspecified atom stereocenters. The van der Waals surface area contributed by atoms with Gasteiger partial charge in [-0.1, -0.05) is 0 Å². The van der Waals surface area contributed by atoms with Crippen molar-refractivity contribution in [1.29, 1.82) is 0 Å². The molecule has 3 atom stereocenters. The fourth-order valence-corrected chi connectivity index (χ4v) is 2.28. The lowest BCUT2D eigenvalue weighted by Crippen LogP contribution is -2.29. The highest BCUT2D eigenvalue weighted by Crippen LogP contribution is 2.24. The van der Waals surface area contributed by atoms with Crippen LogP contribution in [0.25, 0.3) is 0 Å². The summed E-state index contributed by atoms with van der Waals surface area (Å²) in [5.74, 6) is 1.01. The second-order valence-corrected chi connectivity index (χ2v) is 4.27. The lowest BCUT2D eigenvalue weighted by molar-refractivity contribution is 0.106. The van der Waals surface area contributed by atoms with E-state index < -0.39 is 0 Å². The number of hydrogen-bond donors (Lipinski definition) is 1. The summed E-state index contributed by atoms with van der Waals surface area (Å²) in [6, 6.07) is 4.80. The number of furan rings is 1. The van der Waals surface area contributed by atoms with Gasteiger partial charge in [0.15, 0.2) is 0 Å². The molecule has 0 amide bonds. The highest BCUT2D eigenvalue weighted by Gasteiger charge is 2.25. The predicted octanol–water partition coefficient (Wildman–Crippen LogP) is 2.50. The molecule has 2 rings (SSSR count). The first-order chi connectivity index (χ1) is 7.29. The van der Waals surface area contributed by atoms with Crippen molar-refractivity contribution >= 4 is 0 Å². The third kappa shape index (κ3) is 2.61. The number of rotatable bonds is 4. The zero-order valence-corrected chi connectivity index (χ0v) is 9.40. The Morgan fingerprint density at radius 1 is 1.53 bits per heavy atom. The Morgan fingerprint density at radius 2 is 2.40 bits per heavy atom. The molecule has 1 fully saturated rings. The lowest BCUT2D eigenvalue weighted by Gasteiger charge is -2.17. The van der Waals surface area contributed by atoms with Gasteiger partial charge in [-0.25, -0.2) is 0 Å². The molecule has 1 aromatic rings. The Labute approximate surface area is 90.8 Å². The zero-order valence-electron chi connectivity index (χ0n) is 9.40. The summed E-state index contributed by atoms with van der Waals surface area (Å²) in [6.07, 6.45) is 5.64. The summed E-state index contributed by atoms with van der Waals surface area (Å²) in [5.41, 5.74) is 0. The summed E-state index contributed by atoms with van der Waals surface area (Å²) in [5, 5.41) is 3.57. The molecule has 15 heavy (non-hydrogen) atoms. The van der Waals surface area contributed by atoms with E-state index in [9.17, 15) is 0 Å². The largest absolute Gasteiger partial charge is 0.468 e. The minimum absolute atomic E-state index is 0.292. The Kier molecular flexibility index (Phi) is 3.44. The summed E-state index contributed by atoms with van der Waals surface area (Å²) < 4.78 is 10.7. The van der Waals surface area contributed by atoms with Gasteiger partial charge in [-0.3, -0.25) is 0 Å². The molecule has 3 nitrogen and oxygen atoms in total. The first-order valence-corrected chi connectivity index (χ1v) is 5.62. The van der Waals surface area contributed by atoms with E-state index in [4.69, 9.17) is 9.15 Å². The highest BCUT2D eigenvalue weighted by atomic mass is 16.5. The maximum atomic E-state index is 5.36. The van der Waals surface area contributed by atoms with Crippen LogP contribution in [0.3, 0.4) is 0 Å². The quantitative estimate of drug-likeness (QED) is 0.827. The third-order valence-electron chi connectivity index (χ3n) is 3.17. The molecule has 3 heteroatoms. The molecule has 1 aromatic heterocycles. The summed E-state index contributed by atoms with van der Waals surface area (Å²) in [7, 11) is 1.79. The number of nitrogens with one attached hydrogen (secondary N) is 1. The van der Waals surface area contributed by atoms with Gasteiger partial charge in [0.25, 0.3) is 0 Å². The molecule has 0 aromatic carbocycles. The van der Waals surface area contributed by atoms with Crippen LogP contribution in [0, 0.1) is 0 Å². The van der Waals surface area contributed by atoms with E-state index in [-0.39, 0.29) is 0 Å². The second-order valence-electron chi connectivity index (χ2n) is 4.27. The van der Waals surface area contributed by atoms with Gasteiger partial charge in [0, 0.05) is 13.2 Å².